The van der Waals surface area contributed by atoms with Crippen molar-refractivity contribution in [1.29, 1.82) is 0 Å². The Labute approximate surface area is 169 Å². The highest BCUT2D eigenvalue weighted by atomic mass is 16.4. The van der Waals surface area contributed by atoms with Crippen LogP contribution >= 0.6 is 0 Å². The van der Waals surface area contributed by atoms with Crippen molar-refractivity contribution in [2.75, 3.05) is 5.32 Å². The second-order valence-electron chi connectivity index (χ2n) is 7.14. The lowest BCUT2D eigenvalue weighted by molar-refractivity contribution is -0.146. The molecule has 6 nitrogen and oxygen atoms in total. The third-order valence-electron chi connectivity index (χ3n) is 5.22. The molecule has 0 aliphatic heterocycles. The Morgan fingerprint density at radius 1 is 0.966 bits per heavy atom. The molecule has 0 saturated heterocycles. The van der Waals surface area contributed by atoms with Crippen LogP contribution < -0.4 is 10.6 Å². The summed E-state index contributed by atoms with van der Waals surface area (Å²) in [5.74, 6) is -3.11. The van der Waals surface area contributed by atoms with E-state index in [1.165, 1.54) is 0 Å². The summed E-state index contributed by atoms with van der Waals surface area (Å²) in [6.07, 6.45) is 4.30. The van der Waals surface area contributed by atoms with Crippen molar-refractivity contribution in [1.82, 2.24) is 5.32 Å². The predicted molar refractivity (Wildman–Crippen MR) is 110 cm³/mol. The summed E-state index contributed by atoms with van der Waals surface area (Å²) in [4.78, 5) is 36.9. The standard InChI is InChI=1S/C23H24N2O4/c1-15-8-2-3-9-16(15)14-24-21(26)19-12-6-7-13-20(19)25-22(27)17-10-4-5-11-18(17)23(28)29/h2-9,12-13,17-18H,10-11,14H2,1H3,(H,24,26)(H,25,27)(H,28,29). The zero-order chi connectivity index (χ0) is 20.8. The fraction of sp³-hybridized carbons (Fsp3) is 0.261. The number of nitrogens with one attached hydrogen (secondary N) is 2. The molecular weight excluding hydrogens is 368 g/mol. The van der Waals surface area contributed by atoms with Gasteiger partial charge in [-0.15, -0.1) is 0 Å². The van der Waals surface area contributed by atoms with E-state index in [4.69, 9.17) is 0 Å². The van der Waals surface area contributed by atoms with Crippen LogP contribution in [-0.2, 0) is 16.1 Å². The largest absolute Gasteiger partial charge is 0.481 e. The van der Waals surface area contributed by atoms with Crippen molar-refractivity contribution in [2.45, 2.75) is 26.3 Å². The number of rotatable bonds is 6. The van der Waals surface area contributed by atoms with Crippen LogP contribution in [0.5, 0.6) is 0 Å². The van der Waals surface area contributed by atoms with Gasteiger partial charge in [0.15, 0.2) is 0 Å². The molecule has 2 unspecified atom stereocenters. The number of carbonyl (C=O) groups is 3. The Balaban J connectivity index is 1.72. The van der Waals surface area contributed by atoms with E-state index in [-0.39, 0.29) is 11.8 Å². The number of hydrogen-bond acceptors (Lipinski definition) is 3. The number of benzene rings is 2. The second-order valence-corrected chi connectivity index (χ2v) is 7.14. The zero-order valence-electron chi connectivity index (χ0n) is 16.2. The fourth-order valence-electron chi connectivity index (χ4n) is 3.47. The Bertz CT molecular complexity index is 951. The van der Waals surface area contributed by atoms with Crippen LogP contribution in [0.15, 0.2) is 60.7 Å². The van der Waals surface area contributed by atoms with Crippen LogP contribution in [0.4, 0.5) is 5.69 Å². The van der Waals surface area contributed by atoms with Gasteiger partial charge in [-0.05, 0) is 43.0 Å². The number of para-hydroxylation sites is 1. The number of carboxylic acids is 1. The summed E-state index contributed by atoms with van der Waals surface area (Å²) in [5.41, 5.74) is 2.81. The molecular formula is C23H24N2O4. The Hall–Kier alpha value is -3.41. The number of carbonyl (C=O) groups excluding carboxylic acids is 2. The Morgan fingerprint density at radius 2 is 1.62 bits per heavy atom. The van der Waals surface area contributed by atoms with Crippen LogP contribution in [0.25, 0.3) is 0 Å². The molecule has 2 aromatic rings. The Morgan fingerprint density at radius 3 is 2.34 bits per heavy atom. The van der Waals surface area contributed by atoms with Gasteiger partial charge in [0.05, 0.1) is 23.1 Å². The van der Waals surface area contributed by atoms with E-state index in [9.17, 15) is 19.5 Å². The maximum atomic E-state index is 12.7. The van der Waals surface area contributed by atoms with E-state index in [0.717, 1.165) is 11.1 Å². The van der Waals surface area contributed by atoms with Gasteiger partial charge in [-0.3, -0.25) is 14.4 Å². The fourth-order valence-corrected chi connectivity index (χ4v) is 3.47. The molecule has 2 atom stereocenters. The molecule has 0 bridgehead atoms. The maximum absolute atomic E-state index is 12.7. The van der Waals surface area contributed by atoms with Gasteiger partial charge >= 0.3 is 5.97 Å². The number of anilines is 1. The highest BCUT2D eigenvalue weighted by molar-refractivity contribution is 6.04. The SMILES string of the molecule is Cc1ccccc1CNC(=O)c1ccccc1NC(=O)C1CC=CCC1C(=O)O. The van der Waals surface area contributed by atoms with Crippen LogP contribution in [0.1, 0.15) is 34.3 Å². The first-order valence-electron chi connectivity index (χ1n) is 9.57. The van der Waals surface area contributed by atoms with Gasteiger partial charge < -0.3 is 15.7 Å². The average Bonchev–Trinajstić information content (AvgIpc) is 2.73. The summed E-state index contributed by atoms with van der Waals surface area (Å²) in [6.45, 7) is 2.36. The van der Waals surface area contributed by atoms with E-state index in [1.807, 2.05) is 37.3 Å². The molecule has 0 aromatic heterocycles. The Kier molecular flexibility index (Phi) is 6.44. The van der Waals surface area contributed by atoms with Crippen molar-refractivity contribution in [3.8, 4) is 0 Å². The molecule has 2 aromatic carbocycles. The average molecular weight is 392 g/mol. The lowest BCUT2D eigenvalue weighted by Gasteiger charge is -2.24. The van der Waals surface area contributed by atoms with Gasteiger partial charge in [0.1, 0.15) is 0 Å². The monoisotopic (exact) mass is 392 g/mol. The van der Waals surface area contributed by atoms with Gasteiger partial charge in [0, 0.05) is 6.54 Å². The van der Waals surface area contributed by atoms with Crippen molar-refractivity contribution in [3.63, 3.8) is 0 Å². The van der Waals surface area contributed by atoms with Crippen LogP contribution in [-0.4, -0.2) is 22.9 Å². The molecule has 0 spiro atoms. The molecule has 3 N–H and O–H groups in total. The van der Waals surface area contributed by atoms with Gasteiger partial charge in [-0.2, -0.15) is 0 Å². The highest BCUT2D eigenvalue weighted by Gasteiger charge is 2.34. The first-order valence-corrected chi connectivity index (χ1v) is 9.57. The van der Waals surface area contributed by atoms with E-state index < -0.39 is 17.8 Å². The molecule has 0 heterocycles. The number of hydrogen-bond donors (Lipinski definition) is 3. The minimum atomic E-state index is -0.987. The molecule has 0 saturated carbocycles. The summed E-state index contributed by atoms with van der Waals surface area (Å²) in [5, 5.41) is 15.0. The minimum absolute atomic E-state index is 0.303. The third kappa shape index (κ3) is 4.90. The van der Waals surface area contributed by atoms with Crippen molar-refractivity contribution in [3.05, 3.63) is 77.4 Å². The van der Waals surface area contributed by atoms with Crippen molar-refractivity contribution >= 4 is 23.5 Å². The van der Waals surface area contributed by atoms with Gasteiger partial charge in [-0.25, -0.2) is 0 Å². The molecule has 1 aliphatic rings. The first kappa shape index (κ1) is 20.3. The van der Waals surface area contributed by atoms with Gasteiger partial charge in [0.2, 0.25) is 5.91 Å². The molecule has 2 amide bonds. The van der Waals surface area contributed by atoms with E-state index in [0.29, 0.717) is 30.6 Å². The molecule has 29 heavy (non-hydrogen) atoms. The molecule has 6 heteroatoms. The van der Waals surface area contributed by atoms with Crippen molar-refractivity contribution in [2.24, 2.45) is 11.8 Å². The normalized spacial score (nSPS) is 18.1. The van der Waals surface area contributed by atoms with E-state index in [2.05, 4.69) is 10.6 Å². The summed E-state index contributed by atoms with van der Waals surface area (Å²) >= 11 is 0. The second kappa shape index (κ2) is 9.19. The van der Waals surface area contributed by atoms with Crippen LogP contribution in [0, 0.1) is 18.8 Å². The van der Waals surface area contributed by atoms with E-state index >= 15 is 0 Å². The van der Waals surface area contributed by atoms with Crippen LogP contribution in [0.2, 0.25) is 0 Å². The number of amides is 2. The maximum Gasteiger partial charge on any atom is 0.307 e. The van der Waals surface area contributed by atoms with Crippen LogP contribution in [0.3, 0.4) is 0 Å². The predicted octanol–water partition coefficient (Wildman–Crippen LogP) is 3.53. The lowest BCUT2D eigenvalue weighted by Crippen LogP contribution is -2.35. The number of allylic oxidation sites excluding steroid dienone is 2. The summed E-state index contributed by atoms with van der Waals surface area (Å²) < 4.78 is 0. The first-order chi connectivity index (χ1) is 14.0. The van der Waals surface area contributed by atoms with E-state index in [1.54, 1.807) is 30.3 Å². The zero-order valence-corrected chi connectivity index (χ0v) is 16.2. The number of aliphatic carboxylic acids is 1. The molecule has 0 fully saturated rings. The molecule has 0 radical (unpaired) electrons. The third-order valence-corrected chi connectivity index (χ3v) is 5.22. The smallest absolute Gasteiger partial charge is 0.307 e. The summed E-state index contributed by atoms with van der Waals surface area (Å²) in [7, 11) is 0. The molecule has 1 aliphatic carbocycles. The summed E-state index contributed by atoms with van der Waals surface area (Å²) in [6, 6.07) is 14.5. The molecule has 3 rings (SSSR count). The van der Waals surface area contributed by atoms with Crippen molar-refractivity contribution < 1.29 is 19.5 Å². The quantitative estimate of drug-likeness (QED) is 0.656. The minimum Gasteiger partial charge on any atom is -0.481 e. The number of carboxylic acid groups (broad SMARTS) is 1. The van der Waals surface area contributed by atoms with Gasteiger partial charge in [-0.1, -0.05) is 48.6 Å². The number of aryl methyl sites for hydroxylation is 1. The lowest BCUT2D eigenvalue weighted by atomic mass is 9.82. The topological polar surface area (TPSA) is 95.5 Å². The highest BCUT2D eigenvalue weighted by Crippen LogP contribution is 2.28. The van der Waals surface area contributed by atoms with Gasteiger partial charge in [0.25, 0.3) is 5.91 Å². The molecule has 150 valence electrons.